The van der Waals surface area contributed by atoms with E-state index in [-0.39, 0.29) is 6.54 Å². The van der Waals surface area contributed by atoms with Gasteiger partial charge in [-0.15, -0.1) is 0 Å². The van der Waals surface area contributed by atoms with Crippen molar-refractivity contribution in [1.29, 1.82) is 0 Å². The van der Waals surface area contributed by atoms with Gasteiger partial charge in [-0.2, -0.15) is 0 Å². The molecule has 0 spiro atoms. The quantitative estimate of drug-likeness (QED) is 0.440. The van der Waals surface area contributed by atoms with Gasteiger partial charge in [0.05, 0.1) is 13.2 Å². The van der Waals surface area contributed by atoms with Gasteiger partial charge in [0, 0.05) is 32.7 Å². The summed E-state index contributed by atoms with van der Waals surface area (Å²) in [6.45, 7) is 4.36. The van der Waals surface area contributed by atoms with E-state index in [1.165, 1.54) is 0 Å². The number of carbonyl (C=O) groups is 2. The highest BCUT2D eigenvalue weighted by Gasteiger charge is 2.13. The molecule has 0 aliphatic carbocycles. The van der Waals surface area contributed by atoms with Gasteiger partial charge >= 0.3 is 12.0 Å². The summed E-state index contributed by atoms with van der Waals surface area (Å²) < 4.78 is 5.20. The largest absolute Gasteiger partial charge is 0.480 e. The minimum Gasteiger partial charge on any atom is -0.480 e. The average molecular weight is 260 g/mol. The number of carbonyl (C=O) groups excluding carboxylic acids is 1. The van der Waals surface area contributed by atoms with Gasteiger partial charge in [0.1, 0.15) is 6.04 Å². The molecule has 1 atom stereocenters. The molecule has 8 heteroatoms. The third-order valence-electron chi connectivity index (χ3n) is 2.62. The van der Waals surface area contributed by atoms with Gasteiger partial charge < -0.3 is 26.2 Å². The topological polar surface area (TPSA) is 117 Å². The Morgan fingerprint density at radius 2 is 2.00 bits per heavy atom. The van der Waals surface area contributed by atoms with Crippen LogP contribution in [0, 0.1) is 0 Å². The SMILES string of the molecule is NC(CNC(=O)NCCN1CCOCC1)C(=O)O. The second kappa shape index (κ2) is 7.85. The maximum Gasteiger partial charge on any atom is 0.322 e. The standard InChI is InChI=1S/C10H20N4O4/c11-8(9(15)16)7-13-10(17)12-1-2-14-3-5-18-6-4-14/h8H,1-7,11H2,(H,15,16)(H2,12,13,17). The molecule has 0 saturated carbocycles. The van der Waals surface area contributed by atoms with Crippen LogP contribution in [0.2, 0.25) is 0 Å². The van der Waals surface area contributed by atoms with E-state index in [4.69, 9.17) is 15.6 Å². The van der Waals surface area contributed by atoms with Crippen LogP contribution in [0.25, 0.3) is 0 Å². The summed E-state index contributed by atoms with van der Waals surface area (Å²) in [4.78, 5) is 23.9. The number of aliphatic carboxylic acids is 1. The Bertz CT molecular complexity index is 281. The van der Waals surface area contributed by atoms with Gasteiger partial charge in [-0.05, 0) is 0 Å². The van der Waals surface area contributed by atoms with Crippen molar-refractivity contribution in [2.24, 2.45) is 5.73 Å². The Balaban J connectivity index is 2.04. The number of nitrogens with two attached hydrogens (primary N) is 1. The lowest BCUT2D eigenvalue weighted by atomic mass is 10.3. The molecule has 0 radical (unpaired) electrons. The number of morpholine rings is 1. The Labute approximate surface area is 105 Å². The lowest BCUT2D eigenvalue weighted by molar-refractivity contribution is -0.138. The third-order valence-corrected chi connectivity index (χ3v) is 2.62. The van der Waals surface area contributed by atoms with Gasteiger partial charge in [0.25, 0.3) is 0 Å². The zero-order valence-electron chi connectivity index (χ0n) is 10.2. The normalized spacial score (nSPS) is 18.1. The van der Waals surface area contributed by atoms with Crippen LogP contribution >= 0.6 is 0 Å². The summed E-state index contributed by atoms with van der Waals surface area (Å²) in [6, 6.07) is -1.48. The van der Waals surface area contributed by atoms with E-state index in [1.807, 2.05) is 0 Å². The highest BCUT2D eigenvalue weighted by atomic mass is 16.5. The molecule has 18 heavy (non-hydrogen) atoms. The van der Waals surface area contributed by atoms with Crippen LogP contribution < -0.4 is 16.4 Å². The Hall–Kier alpha value is -1.38. The predicted octanol–water partition coefficient (Wildman–Crippen LogP) is -1.97. The number of nitrogens with zero attached hydrogens (tertiary/aromatic N) is 1. The van der Waals surface area contributed by atoms with Crippen molar-refractivity contribution in [3.8, 4) is 0 Å². The molecule has 5 N–H and O–H groups in total. The van der Waals surface area contributed by atoms with E-state index in [2.05, 4.69) is 15.5 Å². The van der Waals surface area contributed by atoms with Crippen LogP contribution in [0.3, 0.4) is 0 Å². The minimum absolute atomic E-state index is 0.0846. The fourth-order valence-corrected chi connectivity index (χ4v) is 1.50. The minimum atomic E-state index is -1.14. The smallest absolute Gasteiger partial charge is 0.322 e. The van der Waals surface area contributed by atoms with Crippen molar-refractivity contribution in [3.05, 3.63) is 0 Å². The van der Waals surface area contributed by atoms with E-state index in [0.717, 1.165) is 32.8 Å². The molecule has 1 aliphatic rings. The molecule has 8 nitrogen and oxygen atoms in total. The Morgan fingerprint density at radius 1 is 1.33 bits per heavy atom. The van der Waals surface area contributed by atoms with Gasteiger partial charge in [-0.3, -0.25) is 9.69 Å². The number of nitrogens with one attached hydrogen (secondary N) is 2. The van der Waals surface area contributed by atoms with Crippen LogP contribution in [0.4, 0.5) is 4.79 Å². The molecule has 1 saturated heterocycles. The fraction of sp³-hybridized carbons (Fsp3) is 0.800. The monoisotopic (exact) mass is 260 g/mol. The maximum atomic E-state index is 11.3. The van der Waals surface area contributed by atoms with Crippen molar-refractivity contribution in [2.45, 2.75) is 6.04 Å². The van der Waals surface area contributed by atoms with Crippen molar-refractivity contribution in [3.63, 3.8) is 0 Å². The molecule has 104 valence electrons. The van der Waals surface area contributed by atoms with E-state index in [9.17, 15) is 9.59 Å². The Kier molecular flexibility index (Phi) is 6.40. The number of carboxylic acid groups (broad SMARTS) is 1. The summed E-state index contributed by atoms with van der Waals surface area (Å²) in [5.74, 6) is -1.14. The maximum absolute atomic E-state index is 11.3. The second-order valence-corrected chi connectivity index (χ2v) is 4.04. The fourth-order valence-electron chi connectivity index (χ4n) is 1.50. The predicted molar refractivity (Wildman–Crippen MR) is 64.3 cm³/mol. The molecule has 1 fully saturated rings. The number of amides is 2. The number of hydrogen-bond donors (Lipinski definition) is 4. The Morgan fingerprint density at radius 3 is 2.61 bits per heavy atom. The van der Waals surface area contributed by atoms with Crippen molar-refractivity contribution < 1.29 is 19.4 Å². The average Bonchev–Trinajstić information content (AvgIpc) is 2.37. The summed E-state index contributed by atoms with van der Waals surface area (Å²) in [7, 11) is 0. The molecule has 0 aromatic carbocycles. The zero-order chi connectivity index (χ0) is 13.4. The number of urea groups is 1. The molecule has 0 aromatic heterocycles. The lowest BCUT2D eigenvalue weighted by Gasteiger charge is -2.26. The molecule has 1 aliphatic heterocycles. The number of hydrogen-bond acceptors (Lipinski definition) is 5. The van der Waals surface area contributed by atoms with Gasteiger partial charge in [0.15, 0.2) is 0 Å². The van der Waals surface area contributed by atoms with Crippen LogP contribution in [-0.2, 0) is 9.53 Å². The third kappa shape index (κ3) is 5.80. The van der Waals surface area contributed by atoms with Crippen molar-refractivity contribution in [2.75, 3.05) is 45.9 Å². The second-order valence-electron chi connectivity index (χ2n) is 4.04. The first-order chi connectivity index (χ1) is 8.59. The van der Waals surface area contributed by atoms with Crippen LogP contribution in [0.5, 0.6) is 0 Å². The zero-order valence-corrected chi connectivity index (χ0v) is 10.2. The van der Waals surface area contributed by atoms with Crippen molar-refractivity contribution in [1.82, 2.24) is 15.5 Å². The summed E-state index contributed by atoms with van der Waals surface area (Å²) in [5, 5.41) is 13.6. The van der Waals surface area contributed by atoms with Crippen LogP contribution in [-0.4, -0.2) is 74.0 Å². The van der Waals surface area contributed by atoms with Crippen LogP contribution in [0.15, 0.2) is 0 Å². The van der Waals surface area contributed by atoms with Crippen LogP contribution in [0.1, 0.15) is 0 Å². The summed E-state index contributed by atoms with van der Waals surface area (Å²) >= 11 is 0. The highest BCUT2D eigenvalue weighted by molar-refractivity contribution is 5.77. The van der Waals surface area contributed by atoms with Gasteiger partial charge in [0.2, 0.25) is 0 Å². The number of rotatable bonds is 6. The lowest BCUT2D eigenvalue weighted by Crippen LogP contribution is -2.47. The summed E-state index contributed by atoms with van der Waals surface area (Å²) in [6.07, 6.45) is 0. The molecule has 0 aromatic rings. The van der Waals surface area contributed by atoms with E-state index >= 15 is 0 Å². The molecular weight excluding hydrogens is 240 g/mol. The van der Waals surface area contributed by atoms with E-state index in [0.29, 0.717) is 6.54 Å². The molecule has 1 rings (SSSR count). The molecule has 1 unspecified atom stereocenters. The van der Waals surface area contributed by atoms with Gasteiger partial charge in [-0.1, -0.05) is 0 Å². The highest BCUT2D eigenvalue weighted by Crippen LogP contribution is 1.94. The van der Waals surface area contributed by atoms with E-state index < -0.39 is 18.0 Å². The first-order valence-corrected chi connectivity index (χ1v) is 5.90. The first-order valence-electron chi connectivity index (χ1n) is 5.90. The van der Waals surface area contributed by atoms with E-state index in [1.54, 1.807) is 0 Å². The molecule has 1 heterocycles. The molecular formula is C10H20N4O4. The molecule has 0 bridgehead atoms. The van der Waals surface area contributed by atoms with Crippen molar-refractivity contribution >= 4 is 12.0 Å². The summed E-state index contributed by atoms with van der Waals surface area (Å²) in [5.41, 5.74) is 5.25. The number of carboxylic acids is 1. The first kappa shape index (κ1) is 14.7. The number of ether oxygens (including phenoxy) is 1. The molecule has 2 amide bonds. The van der Waals surface area contributed by atoms with Gasteiger partial charge in [-0.25, -0.2) is 4.79 Å².